The smallest absolute Gasteiger partial charge is 0.328 e. The second kappa shape index (κ2) is 5.57. The summed E-state index contributed by atoms with van der Waals surface area (Å²) in [5.74, 6) is -3.74. The molecule has 132 valence electrons. The number of aromatic nitrogens is 2. The van der Waals surface area contributed by atoms with Crippen molar-refractivity contribution in [2.45, 2.75) is 37.7 Å². The largest absolute Gasteiger partial charge is 0.475 e. The fourth-order valence-corrected chi connectivity index (χ4v) is 4.19. The van der Waals surface area contributed by atoms with Gasteiger partial charge in [-0.25, -0.2) is 9.59 Å². The molecule has 4 rings (SSSR count). The van der Waals surface area contributed by atoms with E-state index >= 15 is 0 Å². The first kappa shape index (κ1) is 15.6. The van der Waals surface area contributed by atoms with E-state index in [4.69, 9.17) is 4.74 Å². The number of fused-ring (bicyclic) bond motifs is 2. The van der Waals surface area contributed by atoms with Crippen molar-refractivity contribution in [1.29, 1.82) is 0 Å². The molecule has 0 bridgehead atoms. The van der Waals surface area contributed by atoms with Crippen LogP contribution in [0, 0.1) is 11.8 Å². The van der Waals surface area contributed by atoms with Crippen LogP contribution >= 0.6 is 0 Å². The van der Waals surface area contributed by atoms with Crippen molar-refractivity contribution < 1.29 is 19.1 Å². The number of aromatic amines is 2. The number of carbonyl (C=O) groups is 3. The third kappa shape index (κ3) is 2.44. The molecule has 10 heteroatoms. The molecule has 3 atom stereocenters. The van der Waals surface area contributed by atoms with Crippen molar-refractivity contribution >= 4 is 17.8 Å². The van der Waals surface area contributed by atoms with Crippen LogP contribution in [0.15, 0.2) is 9.59 Å². The molecule has 10 nitrogen and oxygen atoms in total. The van der Waals surface area contributed by atoms with Crippen LogP contribution < -0.4 is 26.6 Å². The number of hydrogen-bond acceptors (Lipinski definition) is 6. The van der Waals surface area contributed by atoms with Crippen LogP contribution in [-0.2, 0) is 9.59 Å². The van der Waals surface area contributed by atoms with Gasteiger partial charge in [0.25, 0.3) is 5.56 Å². The van der Waals surface area contributed by atoms with Gasteiger partial charge in [0.05, 0.1) is 5.56 Å². The lowest BCUT2D eigenvalue weighted by atomic mass is 9.67. The highest BCUT2D eigenvalue weighted by molar-refractivity contribution is 6.16. The summed E-state index contributed by atoms with van der Waals surface area (Å²) >= 11 is 0. The quantitative estimate of drug-likeness (QED) is 0.482. The van der Waals surface area contributed by atoms with Gasteiger partial charge in [-0.05, 0) is 19.3 Å². The van der Waals surface area contributed by atoms with Crippen LogP contribution in [0.1, 0.15) is 37.2 Å². The van der Waals surface area contributed by atoms with Crippen molar-refractivity contribution in [2.75, 3.05) is 0 Å². The molecule has 3 aliphatic rings. The monoisotopic (exact) mass is 348 g/mol. The predicted molar refractivity (Wildman–Crippen MR) is 82.0 cm³/mol. The van der Waals surface area contributed by atoms with E-state index in [2.05, 4.69) is 20.6 Å². The normalized spacial score (nSPS) is 29.1. The fraction of sp³-hybridized carbons (Fsp3) is 0.533. The fourth-order valence-electron chi connectivity index (χ4n) is 4.19. The van der Waals surface area contributed by atoms with Crippen molar-refractivity contribution in [1.82, 2.24) is 20.6 Å². The van der Waals surface area contributed by atoms with Gasteiger partial charge >= 0.3 is 11.7 Å². The zero-order chi connectivity index (χ0) is 17.7. The minimum absolute atomic E-state index is 0.000556. The lowest BCUT2D eigenvalue weighted by Gasteiger charge is -2.43. The molecule has 2 aliphatic heterocycles. The minimum Gasteiger partial charge on any atom is -0.475 e. The number of rotatable bonds is 1. The molecule has 1 aromatic rings. The lowest BCUT2D eigenvalue weighted by molar-refractivity contribution is -0.138. The Kier molecular flexibility index (Phi) is 3.48. The van der Waals surface area contributed by atoms with Gasteiger partial charge in [0.1, 0.15) is 12.0 Å². The summed E-state index contributed by atoms with van der Waals surface area (Å²) in [5.41, 5.74) is -1.33. The van der Waals surface area contributed by atoms with E-state index in [1.165, 1.54) is 0 Å². The van der Waals surface area contributed by atoms with Crippen molar-refractivity contribution in [3.63, 3.8) is 0 Å². The predicted octanol–water partition coefficient (Wildman–Crippen LogP) is -0.920. The number of H-pyrrole nitrogens is 2. The van der Waals surface area contributed by atoms with Gasteiger partial charge in [-0.3, -0.25) is 35.0 Å². The van der Waals surface area contributed by atoms with Crippen LogP contribution in [0.3, 0.4) is 0 Å². The molecule has 3 unspecified atom stereocenters. The number of imide groups is 2. The molecular formula is C15H16N4O6. The van der Waals surface area contributed by atoms with E-state index in [0.29, 0.717) is 12.8 Å². The number of carbonyl (C=O) groups excluding carboxylic acids is 3. The maximum Gasteiger partial charge on any atom is 0.328 e. The number of nitrogens with one attached hydrogen (secondary N) is 4. The lowest BCUT2D eigenvalue weighted by Crippen LogP contribution is -2.60. The summed E-state index contributed by atoms with van der Waals surface area (Å²) in [6, 6.07) is -0.880. The van der Waals surface area contributed by atoms with Crippen LogP contribution in [0.25, 0.3) is 0 Å². The van der Waals surface area contributed by atoms with E-state index in [-0.39, 0.29) is 23.5 Å². The average Bonchev–Trinajstić information content (AvgIpc) is 2.52. The molecule has 1 saturated carbocycles. The van der Waals surface area contributed by atoms with Gasteiger partial charge in [-0.1, -0.05) is 6.42 Å². The second-order valence-electron chi connectivity index (χ2n) is 6.57. The Morgan fingerprint density at radius 2 is 1.56 bits per heavy atom. The van der Waals surface area contributed by atoms with E-state index in [1.54, 1.807) is 0 Å². The molecular weight excluding hydrogens is 332 g/mol. The summed E-state index contributed by atoms with van der Waals surface area (Å²) in [4.78, 5) is 64.6. The van der Waals surface area contributed by atoms with Crippen LogP contribution in [0.4, 0.5) is 4.79 Å². The molecule has 1 aliphatic carbocycles. The Labute approximate surface area is 140 Å². The minimum atomic E-state index is -1.24. The molecule has 1 saturated heterocycles. The maximum atomic E-state index is 12.4. The van der Waals surface area contributed by atoms with E-state index < -0.39 is 40.9 Å². The highest BCUT2D eigenvalue weighted by Crippen LogP contribution is 2.47. The Morgan fingerprint density at radius 1 is 0.880 bits per heavy atom. The first-order chi connectivity index (χ1) is 12.0. The van der Waals surface area contributed by atoms with Crippen LogP contribution in [0.5, 0.6) is 5.88 Å². The van der Waals surface area contributed by atoms with Crippen molar-refractivity contribution in [3.05, 3.63) is 26.4 Å². The SMILES string of the molecule is O=C1NC(=O)C(C2c3c([nH]c(=O)[nH]c3=O)OC3CCCCC32)C(=O)N1. The van der Waals surface area contributed by atoms with E-state index in [1.807, 2.05) is 0 Å². The number of ether oxygens (including phenoxy) is 1. The standard InChI is InChI=1S/C15H16N4O6/c20-10-8(11(21)17-14(23)16-10)7-5-3-1-2-4-6(5)25-13-9(7)12(22)18-15(24)19-13/h5-8H,1-4H2,(H2,18,19,22,24)(H2,16,17,20,21,23). The molecule has 1 aromatic heterocycles. The Balaban J connectivity index is 1.88. The first-order valence-corrected chi connectivity index (χ1v) is 8.14. The number of barbiturate groups is 1. The maximum absolute atomic E-state index is 12.4. The molecule has 2 fully saturated rings. The van der Waals surface area contributed by atoms with Gasteiger partial charge in [0.2, 0.25) is 17.7 Å². The zero-order valence-corrected chi connectivity index (χ0v) is 13.1. The topological polar surface area (TPSA) is 150 Å². The van der Waals surface area contributed by atoms with Crippen molar-refractivity contribution in [3.8, 4) is 5.88 Å². The number of hydrogen-bond donors (Lipinski definition) is 4. The van der Waals surface area contributed by atoms with Crippen LogP contribution in [-0.4, -0.2) is 33.9 Å². The van der Waals surface area contributed by atoms with E-state index in [0.717, 1.165) is 12.8 Å². The van der Waals surface area contributed by atoms with E-state index in [9.17, 15) is 24.0 Å². The van der Waals surface area contributed by atoms with Crippen molar-refractivity contribution in [2.24, 2.45) is 11.8 Å². The summed E-state index contributed by atoms with van der Waals surface area (Å²) < 4.78 is 5.80. The summed E-state index contributed by atoms with van der Waals surface area (Å²) in [7, 11) is 0. The Morgan fingerprint density at radius 3 is 2.28 bits per heavy atom. The molecule has 4 amide bonds. The third-order valence-electron chi connectivity index (χ3n) is 5.16. The number of urea groups is 1. The Hall–Kier alpha value is -2.91. The average molecular weight is 348 g/mol. The first-order valence-electron chi connectivity index (χ1n) is 8.14. The Bertz CT molecular complexity index is 867. The molecule has 0 radical (unpaired) electrons. The highest BCUT2D eigenvalue weighted by Gasteiger charge is 2.51. The molecule has 4 N–H and O–H groups in total. The molecule has 3 heterocycles. The molecule has 25 heavy (non-hydrogen) atoms. The zero-order valence-electron chi connectivity index (χ0n) is 13.1. The van der Waals surface area contributed by atoms with Crippen LogP contribution in [0.2, 0.25) is 0 Å². The molecule has 0 aromatic carbocycles. The van der Waals surface area contributed by atoms with Gasteiger partial charge in [-0.2, -0.15) is 0 Å². The van der Waals surface area contributed by atoms with Gasteiger partial charge in [-0.15, -0.1) is 0 Å². The number of amides is 4. The second-order valence-corrected chi connectivity index (χ2v) is 6.57. The van der Waals surface area contributed by atoms with Gasteiger partial charge < -0.3 is 4.74 Å². The third-order valence-corrected chi connectivity index (χ3v) is 5.16. The summed E-state index contributed by atoms with van der Waals surface area (Å²) in [5, 5.41) is 4.16. The molecule has 0 spiro atoms. The van der Waals surface area contributed by atoms with Gasteiger partial charge in [0, 0.05) is 11.8 Å². The summed E-state index contributed by atoms with van der Waals surface area (Å²) in [6.45, 7) is 0. The summed E-state index contributed by atoms with van der Waals surface area (Å²) in [6.07, 6.45) is 2.87. The highest BCUT2D eigenvalue weighted by atomic mass is 16.5. The van der Waals surface area contributed by atoms with Gasteiger partial charge in [0.15, 0.2) is 0 Å².